The number of aryl methyl sites for hydroxylation is 1. The Morgan fingerprint density at radius 2 is 2.35 bits per heavy atom. The Morgan fingerprint density at radius 1 is 1.39 bits per heavy atom. The van der Waals surface area contributed by atoms with Gasteiger partial charge in [-0.1, -0.05) is 11.2 Å². The van der Waals surface area contributed by atoms with E-state index in [0.29, 0.717) is 6.54 Å². The molecule has 1 N–H and O–H groups in total. The van der Waals surface area contributed by atoms with Gasteiger partial charge in [-0.05, 0) is 30.6 Å². The lowest BCUT2D eigenvalue weighted by Crippen LogP contribution is -2.38. The van der Waals surface area contributed by atoms with Gasteiger partial charge in [0.1, 0.15) is 0 Å². The minimum Gasteiger partial charge on any atom is -0.359 e. The molecular formula is C16H17N5OS. The number of thiophene rings is 1. The molecule has 23 heavy (non-hydrogen) atoms. The maximum absolute atomic E-state index is 5.30. The summed E-state index contributed by atoms with van der Waals surface area (Å²) in [7, 11) is 0. The zero-order valence-electron chi connectivity index (χ0n) is 12.8. The van der Waals surface area contributed by atoms with Crippen molar-refractivity contribution in [1.82, 2.24) is 20.3 Å². The molecule has 0 saturated carbocycles. The molecule has 0 aromatic carbocycles. The third kappa shape index (κ3) is 3.00. The summed E-state index contributed by atoms with van der Waals surface area (Å²) in [5.41, 5.74) is 1.97. The van der Waals surface area contributed by atoms with E-state index < -0.39 is 0 Å². The van der Waals surface area contributed by atoms with Crippen LogP contribution in [-0.2, 0) is 6.54 Å². The van der Waals surface area contributed by atoms with Crippen LogP contribution < -0.4 is 4.90 Å². The number of rotatable bonds is 4. The molecule has 0 bridgehead atoms. The zero-order valence-corrected chi connectivity index (χ0v) is 13.6. The lowest BCUT2D eigenvalue weighted by Gasteiger charge is -2.32. The van der Waals surface area contributed by atoms with Crippen molar-refractivity contribution in [3.8, 4) is 10.6 Å². The third-order valence-electron chi connectivity index (χ3n) is 3.71. The average molecular weight is 327 g/mol. The molecule has 3 aromatic heterocycles. The van der Waals surface area contributed by atoms with E-state index in [1.807, 2.05) is 19.1 Å². The summed E-state index contributed by atoms with van der Waals surface area (Å²) in [5.74, 6) is 1.83. The van der Waals surface area contributed by atoms with Gasteiger partial charge in [0, 0.05) is 18.7 Å². The highest BCUT2D eigenvalue weighted by Gasteiger charge is 2.17. The van der Waals surface area contributed by atoms with Gasteiger partial charge in [-0.2, -0.15) is 5.10 Å². The first-order valence-electron chi connectivity index (χ1n) is 7.45. The molecule has 0 aliphatic carbocycles. The standard InChI is InChI=1S/C16H17N5OS/c1-12-8-13(22-19-12)10-20-5-3-6-21(11-20)16-9-14(17-18-16)15-4-2-7-23-15/h2-5,7-9H,6,10-11H2,1H3,(H,17,18). The molecule has 118 valence electrons. The monoisotopic (exact) mass is 327 g/mol. The molecule has 7 heteroatoms. The lowest BCUT2D eigenvalue weighted by molar-refractivity contribution is 0.289. The van der Waals surface area contributed by atoms with Crippen molar-refractivity contribution in [2.75, 3.05) is 18.1 Å². The number of H-pyrrole nitrogens is 1. The molecule has 0 fully saturated rings. The number of anilines is 1. The summed E-state index contributed by atoms with van der Waals surface area (Å²) in [6, 6.07) is 8.21. The second kappa shape index (κ2) is 5.92. The fraction of sp³-hybridized carbons (Fsp3) is 0.250. The normalized spacial score (nSPS) is 14.7. The number of aromatic nitrogens is 3. The van der Waals surface area contributed by atoms with Gasteiger partial charge in [0.2, 0.25) is 0 Å². The van der Waals surface area contributed by atoms with Gasteiger partial charge in [0.05, 0.1) is 29.5 Å². The van der Waals surface area contributed by atoms with E-state index in [9.17, 15) is 0 Å². The van der Waals surface area contributed by atoms with Crippen LogP contribution in [0.5, 0.6) is 0 Å². The SMILES string of the molecule is Cc1cc(CN2C=CCN(c3cc(-c4cccs4)[nH]n3)C2)on1. The van der Waals surface area contributed by atoms with Gasteiger partial charge in [-0.3, -0.25) is 5.10 Å². The van der Waals surface area contributed by atoms with E-state index >= 15 is 0 Å². The molecule has 0 radical (unpaired) electrons. The van der Waals surface area contributed by atoms with Crippen molar-refractivity contribution in [3.05, 3.63) is 53.4 Å². The van der Waals surface area contributed by atoms with Crippen LogP contribution in [-0.4, -0.2) is 33.5 Å². The maximum Gasteiger partial charge on any atom is 0.156 e. The van der Waals surface area contributed by atoms with Crippen molar-refractivity contribution in [3.63, 3.8) is 0 Å². The fourth-order valence-electron chi connectivity index (χ4n) is 2.64. The van der Waals surface area contributed by atoms with Gasteiger partial charge < -0.3 is 14.3 Å². The Morgan fingerprint density at radius 3 is 3.13 bits per heavy atom. The third-order valence-corrected chi connectivity index (χ3v) is 4.61. The predicted octanol–water partition coefficient (Wildman–Crippen LogP) is 3.23. The van der Waals surface area contributed by atoms with Crippen molar-refractivity contribution in [2.45, 2.75) is 13.5 Å². The molecule has 0 spiro atoms. The Hall–Kier alpha value is -2.54. The highest BCUT2D eigenvalue weighted by Crippen LogP contribution is 2.26. The van der Waals surface area contributed by atoms with Gasteiger partial charge in [-0.15, -0.1) is 11.3 Å². The van der Waals surface area contributed by atoms with Crippen LogP contribution in [0.25, 0.3) is 10.6 Å². The van der Waals surface area contributed by atoms with E-state index in [0.717, 1.165) is 36.2 Å². The lowest BCUT2D eigenvalue weighted by atomic mass is 10.3. The molecule has 0 amide bonds. The molecule has 4 heterocycles. The van der Waals surface area contributed by atoms with E-state index in [-0.39, 0.29) is 0 Å². The summed E-state index contributed by atoms with van der Waals surface area (Å²) in [4.78, 5) is 5.60. The molecule has 3 aromatic rings. The molecule has 6 nitrogen and oxygen atoms in total. The smallest absolute Gasteiger partial charge is 0.156 e. The number of nitrogens with one attached hydrogen (secondary N) is 1. The van der Waals surface area contributed by atoms with Crippen molar-refractivity contribution < 1.29 is 4.52 Å². The summed E-state index contributed by atoms with van der Waals surface area (Å²) in [6.45, 7) is 4.25. The van der Waals surface area contributed by atoms with Crippen molar-refractivity contribution in [2.24, 2.45) is 0 Å². The highest BCUT2D eigenvalue weighted by molar-refractivity contribution is 7.13. The van der Waals surface area contributed by atoms with Crippen molar-refractivity contribution >= 4 is 17.2 Å². The number of aromatic amines is 1. The minimum atomic E-state index is 0.704. The molecule has 4 rings (SSSR count). The van der Waals surface area contributed by atoms with Crippen LogP contribution in [0.2, 0.25) is 0 Å². The molecule has 0 atom stereocenters. The Bertz CT molecular complexity index is 804. The summed E-state index contributed by atoms with van der Waals surface area (Å²) in [5, 5.41) is 13.6. The first-order chi connectivity index (χ1) is 11.3. The van der Waals surface area contributed by atoms with E-state index in [1.54, 1.807) is 11.3 Å². The van der Waals surface area contributed by atoms with Crippen LogP contribution in [0, 0.1) is 6.92 Å². The van der Waals surface area contributed by atoms with Gasteiger partial charge >= 0.3 is 0 Å². The fourth-order valence-corrected chi connectivity index (χ4v) is 3.33. The summed E-state index contributed by atoms with van der Waals surface area (Å²) in [6.07, 6.45) is 4.23. The van der Waals surface area contributed by atoms with Crippen LogP contribution >= 0.6 is 11.3 Å². The Kier molecular flexibility index (Phi) is 3.63. The molecule has 1 aliphatic rings. The van der Waals surface area contributed by atoms with E-state index in [1.165, 1.54) is 4.88 Å². The quantitative estimate of drug-likeness (QED) is 0.797. The largest absolute Gasteiger partial charge is 0.359 e. The predicted molar refractivity (Wildman–Crippen MR) is 90.0 cm³/mol. The first kappa shape index (κ1) is 14.1. The molecule has 0 saturated heterocycles. The van der Waals surface area contributed by atoms with Gasteiger partial charge in [-0.25, -0.2) is 0 Å². The second-order valence-corrected chi connectivity index (χ2v) is 6.49. The van der Waals surface area contributed by atoms with Crippen LogP contribution in [0.15, 0.2) is 46.4 Å². The number of nitrogens with zero attached hydrogens (tertiary/aromatic N) is 4. The Balaban J connectivity index is 1.47. The maximum atomic E-state index is 5.30. The number of hydrogen-bond donors (Lipinski definition) is 1. The van der Waals surface area contributed by atoms with Crippen molar-refractivity contribution in [1.29, 1.82) is 0 Å². The van der Waals surface area contributed by atoms with E-state index in [4.69, 9.17) is 4.52 Å². The van der Waals surface area contributed by atoms with Crippen LogP contribution in [0.1, 0.15) is 11.5 Å². The highest BCUT2D eigenvalue weighted by atomic mass is 32.1. The first-order valence-corrected chi connectivity index (χ1v) is 8.33. The Labute approximate surface area is 138 Å². The molecule has 1 aliphatic heterocycles. The van der Waals surface area contributed by atoms with Crippen LogP contribution in [0.4, 0.5) is 5.82 Å². The van der Waals surface area contributed by atoms with Gasteiger partial charge in [0.25, 0.3) is 0 Å². The average Bonchev–Trinajstić information content (AvgIpc) is 3.28. The van der Waals surface area contributed by atoms with Gasteiger partial charge in [0.15, 0.2) is 11.6 Å². The second-order valence-electron chi connectivity index (χ2n) is 5.55. The molecule has 0 unspecified atom stereocenters. The summed E-state index contributed by atoms with van der Waals surface area (Å²) < 4.78 is 5.30. The van der Waals surface area contributed by atoms with Crippen LogP contribution in [0.3, 0.4) is 0 Å². The topological polar surface area (TPSA) is 61.2 Å². The molecular weight excluding hydrogens is 310 g/mol. The summed E-state index contributed by atoms with van der Waals surface area (Å²) >= 11 is 1.71. The minimum absolute atomic E-state index is 0.704. The van der Waals surface area contributed by atoms with E-state index in [2.05, 4.69) is 54.9 Å². The number of hydrogen-bond acceptors (Lipinski definition) is 6. The zero-order chi connectivity index (χ0) is 15.6.